The molecule has 0 unspecified atom stereocenters. The van der Waals surface area contributed by atoms with Gasteiger partial charge >= 0.3 is 0 Å². The molecular weight excluding hydrogens is 172 g/mol. The summed E-state index contributed by atoms with van der Waals surface area (Å²) in [5.41, 5.74) is 1.22. The van der Waals surface area contributed by atoms with E-state index in [-0.39, 0.29) is 6.10 Å². The molecule has 1 nitrogen and oxygen atoms in total. The Kier molecular flexibility index (Phi) is 2.80. The highest BCUT2D eigenvalue weighted by atomic mass is 16.5. The molecule has 0 fully saturated rings. The zero-order chi connectivity index (χ0) is 9.80. The normalized spacial score (nSPS) is 26.0. The van der Waals surface area contributed by atoms with Crippen molar-refractivity contribution in [3.63, 3.8) is 0 Å². The molecule has 0 aliphatic carbocycles. The van der Waals surface area contributed by atoms with Gasteiger partial charge in [-0.1, -0.05) is 48.6 Å². The Morgan fingerprint density at radius 3 is 2.79 bits per heavy atom. The topological polar surface area (TPSA) is 9.23 Å². The van der Waals surface area contributed by atoms with Gasteiger partial charge in [-0.3, -0.25) is 0 Å². The van der Waals surface area contributed by atoms with Crippen LogP contribution in [0.2, 0.25) is 0 Å². The molecule has 0 amide bonds. The van der Waals surface area contributed by atoms with Gasteiger partial charge in [0.2, 0.25) is 0 Å². The van der Waals surface area contributed by atoms with Gasteiger partial charge < -0.3 is 4.74 Å². The molecule has 1 aromatic rings. The highest BCUT2D eigenvalue weighted by molar-refractivity contribution is 5.22. The van der Waals surface area contributed by atoms with Crippen molar-refractivity contribution in [2.75, 3.05) is 6.61 Å². The molecule has 0 radical (unpaired) electrons. The molecule has 2 rings (SSSR count). The molecule has 1 aliphatic heterocycles. The summed E-state index contributed by atoms with van der Waals surface area (Å²) >= 11 is 0. The first-order chi connectivity index (χ1) is 6.92. The summed E-state index contributed by atoms with van der Waals surface area (Å²) in [4.78, 5) is 0. The van der Waals surface area contributed by atoms with Crippen molar-refractivity contribution >= 4 is 0 Å². The number of ether oxygens (including phenoxy) is 1. The maximum atomic E-state index is 5.71. The lowest BCUT2D eigenvalue weighted by atomic mass is 9.94. The molecule has 1 heterocycles. The first kappa shape index (κ1) is 9.22. The quantitative estimate of drug-likeness (QED) is 0.645. The van der Waals surface area contributed by atoms with Crippen molar-refractivity contribution in [1.82, 2.24) is 0 Å². The molecule has 0 saturated heterocycles. The lowest BCUT2D eigenvalue weighted by molar-refractivity contribution is 0.0455. The molecule has 1 aromatic carbocycles. The predicted molar refractivity (Wildman–Crippen MR) is 58.0 cm³/mol. The van der Waals surface area contributed by atoms with Crippen LogP contribution in [-0.2, 0) is 4.74 Å². The zero-order valence-corrected chi connectivity index (χ0v) is 8.10. The number of hydrogen-bond acceptors (Lipinski definition) is 1. The Hall–Kier alpha value is -1.34. The summed E-state index contributed by atoms with van der Waals surface area (Å²) in [5, 5.41) is 0. The summed E-state index contributed by atoms with van der Waals surface area (Å²) in [6.45, 7) is 4.53. The summed E-state index contributed by atoms with van der Waals surface area (Å²) < 4.78 is 5.71. The van der Waals surface area contributed by atoms with Crippen molar-refractivity contribution in [2.24, 2.45) is 5.92 Å². The molecule has 0 aromatic heterocycles. The standard InChI is InChI=1S/C13H14O/c1-2-11-9-6-10-14-13(11)12-7-4-3-5-8-12/h2-9,11,13H,1,10H2/t11-,13-/m0/s1. The minimum atomic E-state index is 0.138. The number of rotatable bonds is 2. The van der Waals surface area contributed by atoms with Gasteiger partial charge in [0.15, 0.2) is 0 Å². The summed E-state index contributed by atoms with van der Waals surface area (Å²) in [7, 11) is 0. The molecule has 0 N–H and O–H groups in total. The van der Waals surface area contributed by atoms with Gasteiger partial charge in [0.1, 0.15) is 0 Å². The monoisotopic (exact) mass is 186 g/mol. The molecule has 0 bridgehead atoms. The van der Waals surface area contributed by atoms with Crippen molar-refractivity contribution in [3.8, 4) is 0 Å². The highest BCUT2D eigenvalue weighted by Gasteiger charge is 2.20. The van der Waals surface area contributed by atoms with E-state index >= 15 is 0 Å². The van der Waals surface area contributed by atoms with E-state index in [0.29, 0.717) is 12.5 Å². The minimum absolute atomic E-state index is 0.138. The van der Waals surface area contributed by atoms with E-state index in [1.807, 2.05) is 30.4 Å². The van der Waals surface area contributed by atoms with Gasteiger partial charge in [-0.15, -0.1) is 6.58 Å². The van der Waals surface area contributed by atoms with Crippen LogP contribution in [0.4, 0.5) is 0 Å². The van der Waals surface area contributed by atoms with E-state index in [1.165, 1.54) is 5.56 Å². The third-order valence-electron chi connectivity index (χ3n) is 2.48. The minimum Gasteiger partial charge on any atom is -0.369 e. The van der Waals surface area contributed by atoms with E-state index in [9.17, 15) is 0 Å². The Labute approximate surface area is 84.7 Å². The molecular formula is C13H14O. The fourth-order valence-corrected chi connectivity index (χ4v) is 1.75. The van der Waals surface area contributed by atoms with Crippen LogP contribution in [0.15, 0.2) is 55.1 Å². The van der Waals surface area contributed by atoms with Crippen molar-refractivity contribution < 1.29 is 4.74 Å². The van der Waals surface area contributed by atoms with Gasteiger partial charge in [0.05, 0.1) is 12.7 Å². The summed E-state index contributed by atoms with van der Waals surface area (Å²) in [6, 6.07) is 10.3. The van der Waals surface area contributed by atoms with Crippen LogP contribution in [0.25, 0.3) is 0 Å². The molecule has 0 spiro atoms. The van der Waals surface area contributed by atoms with Crippen LogP contribution in [-0.4, -0.2) is 6.61 Å². The van der Waals surface area contributed by atoms with Crippen molar-refractivity contribution in [3.05, 3.63) is 60.7 Å². The van der Waals surface area contributed by atoms with Crippen LogP contribution in [0.5, 0.6) is 0 Å². The second-order valence-corrected chi connectivity index (χ2v) is 3.41. The van der Waals surface area contributed by atoms with E-state index in [0.717, 1.165) is 0 Å². The van der Waals surface area contributed by atoms with Crippen LogP contribution < -0.4 is 0 Å². The zero-order valence-electron chi connectivity index (χ0n) is 8.10. The van der Waals surface area contributed by atoms with Crippen LogP contribution >= 0.6 is 0 Å². The Morgan fingerprint density at radius 2 is 2.07 bits per heavy atom. The van der Waals surface area contributed by atoms with Gasteiger partial charge in [-0.25, -0.2) is 0 Å². The summed E-state index contributed by atoms with van der Waals surface area (Å²) in [5.74, 6) is 0.297. The van der Waals surface area contributed by atoms with E-state index < -0.39 is 0 Å². The fourth-order valence-electron chi connectivity index (χ4n) is 1.75. The Morgan fingerprint density at radius 1 is 1.29 bits per heavy atom. The van der Waals surface area contributed by atoms with E-state index in [4.69, 9.17) is 4.74 Å². The SMILES string of the molecule is C=C[C@H]1C=CCO[C@@H]1c1ccccc1. The van der Waals surface area contributed by atoms with Gasteiger partial charge in [-0.2, -0.15) is 0 Å². The average Bonchev–Trinajstić information content (AvgIpc) is 2.30. The Balaban J connectivity index is 2.25. The maximum Gasteiger partial charge on any atom is 0.0926 e. The van der Waals surface area contributed by atoms with E-state index in [1.54, 1.807) is 0 Å². The molecule has 14 heavy (non-hydrogen) atoms. The van der Waals surface area contributed by atoms with Crippen LogP contribution in [0.1, 0.15) is 11.7 Å². The van der Waals surface area contributed by atoms with Gasteiger partial charge in [-0.05, 0) is 5.56 Å². The predicted octanol–water partition coefficient (Wildman–Crippen LogP) is 3.12. The second kappa shape index (κ2) is 4.25. The number of hydrogen-bond donors (Lipinski definition) is 0. The maximum absolute atomic E-state index is 5.71. The molecule has 1 heteroatoms. The molecule has 1 aliphatic rings. The van der Waals surface area contributed by atoms with Crippen LogP contribution in [0, 0.1) is 5.92 Å². The lowest BCUT2D eigenvalue weighted by Gasteiger charge is -2.25. The third-order valence-corrected chi connectivity index (χ3v) is 2.48. The smallest absolute Gasteiger partial charge is 0.0926 e. The molecule has 2 atom stereocenters. The van der Waals surface area contributed by atoms with E-state index in [2.05, 4.69) is 24.8 Å². The van der Waals surface area contributed by atoms with Crippen molar-refractivity contribution in [1.29, 1.82) is 0 Å². The largest absolute Gasteiger partial charge is 0.369 e. The lowest BCUT2D eigenvalue weighted by Crippen LogP contribution is -2.16. The van der Waals surface area contributed by atoms with Crippen LogP contribution in [0.3, 0.4) is 0 Å². The average molecular weight is 186 g/mol. The molecule has 72 valence electrons. The third kappa shape index (κ3) is 1.78. The van der Waals surface area contributed by atoms with Gasteiger partial charge in [0.25, 0.3) is 0 Å². The van der Waals surface area contributed by atoms with Gasteiger partial charge in [0, 0.05) is 5.92 Å². The fraction of sp³-hybridized carbons (Fsp3) is 0.231. The van der Waals surface area contributed by atoms with Crippen molar-refractivity contribution in [2.45, 2.75) is 6.10 Å². The highest BCUT2D eigenvalue weighted by Crippen LogP contribution is 2.30. The summed E-state index contributed by atoms with van der Waals surface area (Å²) in [6.07, 6.45) is 6.28. The second-order valence-electron chi connectivity index (χ2n) is 3.41. The number of benzene rings is 1. The first-order valence-electron chi connectivity index (χ1n) is 4.87. The Bertz CT molecular complexity index is 326. The molecule has 0 saturated carbocycles. The first-order valence-corrected chi connectivity index (χ1v) is 4.87.